The van der Waals surface area contributed by atoms with E-state index in [-0.39, 0.29) is 0 Å². The zero-order chi connectivity index (χ0) is 13.9. The van der Waals surface area contributed by atoms with Crippen LogP contribution in [0.3, 0.4) is 0 Å². The molecule has 1 N–H and O–H groups in total. The lowest BCUT2D eigenvalue weighted by Gasteiger charge is -2.15. The summed E-state index contributed by atoms with van der Waals surface area (Å²) < 4.78 is 1.26. The standard InChI is InChI=1S/C16H18N2S2/c1-3-6-12(13-9-5-10-19-13)17-16-18-15-11(2)7-4-8-14(15)20-16/h4-5,7-10,12H,3,6H2,1-2H3,(H,17,18). The zero-order valence-corrected chi connectivity index (χ0v) is 13.4. The number of fused-ring (bicyclic) bond motifs is 1. The van der Waals surface area contributed by atoms with Crippen LogP contribution >= 0.6 is 22.7 Å². The Hall–Kier alpha value is -1.39. The van der Waals surface area contributed by atoms with Crippen LogP contribution < -0.4 is 5.32 Å². The molecule has 0 saturated heterocycles. The van der Waals surface area contributed by atoms with Crippen LogP contribution in [0.15, 0.2) is 35.7 Å². The van der Waals surface area contributed by atoms with Gasteiger partial charge in [0.05, 0.1) is 16.3 Å². The van der Waals surface area contributed by atoms with E-state index < -0.39 is 0 Å². The average Bonchev–Trinajstić information content (AvgIpc) is 3.07. The number of thiophene rings is 1. The fraction of sp³-hybridized carbons (Fsp3) is 0.312. The van der Waals surface area contributed by atoms with Gasteiger partial charge in [-0.25, -0.2) is 4.98 Å². The van der Waals surface area contributed by atoms with Gasteiger partial charge in [-0.2, -0.15) is 0 Å². The van der Waals surface area contributed by atoms with Crippen molar-refractivity contribution in [1.82, 2.24) is 4.98 Å². The molecule has 1 aromatic carbocycles. The fourth-order valence-electron chi connectivity index (χ4n) is 2.36. The second kappa shape index (κ2) is 5.94. The molecule has 0 aliphatic carbocycles. The second-order valence-corrected chi connectivity index (χ2v) is 6.95. The van der Waals surface area contributed by atoms with Crippen molar-refractivity contribution in [2.75, 3.05) is 5.32 Å². The molecule has 0 fully saturated rings. The van der Waals surface area contributed by atoms with E-state index in [1.807, 2.05) is 11.3 Å². The summed E-state index contributed by atoms with van der Waals surface area (Å²) in [7, 11) is 0. The van der Waals surface area contributed by atoms with Gasteiger partial charge in [-0.3, -0.25) is 0 Å². The summed E-state index contributed by atoms with van der Waals surface area (Å²) in [5.41, 5.74) is 2.37. The summed E-state index contributed by atoms with van der Waals surface area (Å²) in [6.07, 6.45) is 2.30. The predicted molar refractivity (Wildman–Crippen MR) is 89.9 cm³/mol. The van der Waals surface area contributed by atoms with Crippen molar-refractivity contribution < 1.29 is 0 Å². The molecule has 20 heavy (non-hydrogen) atoms. The lowest BCUT2D eigenvalue weighted by atomic mass is 10.1. The Morgan fingerprint density at radius 2 is 2.15 bits per heavy atom. The van der Waals surface area contributed by atoms with E-state index in [0.29, 0.717) is 6.04 Å². The van der Waals surface area contributed by atoms with Crippen LogP contribution in [-0.4, -0.2) is 4.98 Å². The first-order valence-electron chi connectivity index (χ1n) is 6.94. The van der Waals surface area contributed by atoms with Gasteiger partial charge in [-0.1, -0.05) is 42.9 Å². The maximum atomic E-state index is 4.76. The van der Waals surface area contributed by atoms with E-state index in [2.05, 4.69) is 54.9 Å². The quantitative estimate of drug-likeness (QED) is 0.661. The Bertz CT molecular complexity index is 686. The molecule has 0 amide bonds. The zero-order valence-electron chi connectivity index (χ0n) is 11.7. The minimum Gasteiger partial charge on any atom is -0.354 e. The SMILES string of the molecule is CCCC(Nc1nc2c(C)cccc2s1)c1cccs1. The molecular formula is C16H18N2S2. The number of nitrogens with one attached hydrogen (secondary N) is 1. The summed E-state index contributed by atoms with van der Waals surface area (Å²) in [6.45, 7) is 4.35. The highest BCUT2D eigenvalue weighted by Crippen LogP contribution is 2.32. The van der Waals surface area contributed by atoms with Gasteiger partial charge in [-0.15, -0.1) is 11.3 Å². The monoisotopic (exact) mass is 302 g/mol. The molecule has 0 spiro atoms. The van der Waals surface area contributed by atoms with E-state index in [0.717, 1.165) is 17.1 Å². The number of hydrogen-bond acceptors (Lipinski definition) is 4. The van der Waals surface area contributed by atoms with Crippen LogP contribution in [0.4, 0.5) is 5.13 Å². The van der Waals surface area contributed by atoms with Crippen molar-refractivity contribution in [2.24, 2.45) is 0 Å². The minimum atomic E-state index is 0.376. The first-order valence-corrected chi connectivity index (χ1v) is 8.63. The van der Waals surface area contributed by atoms with Crippen molar-refractivity contribution in [3.8, 4) is 0 Å². The molecule has 0 aliphatic heterocycles. The fourth-order valence-corrected chi connectivity index (χ4v) is 4.17. The number of para-hydroxylation sites is 1. The van der Waals surface area contributed by atoms with Crippen LogP contribution in [-0.2, 0) is 0 Å². The molecule has 2 nitrogen and oxygen atoms in total. The summed E-state index contributed by atoms with van der Waals surface area (Å²) in [4.78, 5) is 6.15. The topological polar surface area (TPSA) is 24.9 Å². The van der Waals surface area contributed by atoms with Gasteiger partial charge in [0.2, 0.25) is 0 Å². The van der Waals surface area contributed by atoms with Crippen LogP contribution in [0.5, 0.6) is 0 Å². The van der Waals surface area contributed by atoms with Gasteiger partial charge < -0.3 is 5.32 Å². The van der Waals surface area contributed by atoms with Crippen molar-refractivity contribution in [3.63, 3.8) is 0 Å². The lowest BCUT2D eigenvalue weighted by Crippen LogP contribution is -2.08. The van der Waals surface area contributed by atoms with Gasteiger partial charge in [0.15, 0.2) is 5.13 Å². The number of hydrogen-bond donors (Lipinski definition) is 1. The molecule has 3 rings (SSSR count). The number of aryl methyl sites for hydroxylation is 1. The third-order valence-corrected chi connectivity index (χ3v) is 5.32. The summed E-state index contributed by atoms with van der Waals surface area (Å²) >= 11 is 3.56. The van der Waals surface area contributed by atoms with Gasteiger partial charge in [0.25, 0.3) is 0 Å². The van der Waals surface area contributed by atoms with E-state index in [1.54, 1.807) is 11.3 Å². The highest BCUT2D eigenvalue weighted by Gasteiger charge is 2.14. The molecule has 0 radical (unpaired) electrons. The second-order valence-electron chi connectivity index (χ2n) is 4.94. The van der Waals surface area contributed by atoms with Crippen molar-refractivity contribution in [1.29, 1.82) is 0 Å². The van der Waals surface area contributed by atoms with Crippen molar-refractivity contribution in [3.05, 3.63) is 46.2 Å². The highest BCUT2D eigenvalue weighted by atomic mass is 32.1. The number of nitrogens with zero attached hydrogens (tertiary/aromatic N) is 1. The third kappa shape index (κ3) is 2.72. The van der Waals surface area contributed by atoms with Crippen molar-refractivity contribution in [2.45, 2.75) is 32.7 Å². The predicted octanol–water partition coefficient (Wildman–Crippen LogP) is 5.62. The number of anilines is 1. The Kier molecular flexibility index (Phi) is 4.03. The van der Waals surface area contributed by atoms with E-state index in [9.17, 15) is 0 Å². The highest BCUT2D eigenvalue weighted by molar-refractivity contribution is 7.22. The number of benzene rings is 1. The molecule has 1 atom stereocenters. The summed E-state index contributed by atoms with van der Waals surface area (Å²) in [5, 5.41) is 6.79. The van der Waals surface area contributed by atoms with Gasteiger partial charge in [0, 0.05) is 4.88 Å². The maximum absolute atomic E-state index is 4.76. The van der Waals surface area contributed by atoms with Gasteiger partial charge in [0.1, 0.15) is 0 Å². The number of thiazole rings is 1. The molecule has 0 saturated carbocycles. The van der Waals surface area contributed by atoms with Crippen LogP contribution in [0.25, 0.3) is 10.2 Å². The smallest absolute Gasteiger partial charge is 0.184 e. The van der Waals surface area contributed by atoms with Gasteiger partial charge >= 0.3 is 0 Å². The Balaban J connectivity index is 1.88. The normalized spacial score (nSPS) is 12.7. The third-order valence-electron chi connectivity index (χ3n) is 3.38. The van der Waals surface area contributed by atoms with Gasteiger partial charge in [-0.05, 0) is 36.4 Å². The minimum absolute atomic E-state index is 0.376. The summed E-state index contributed by atoms with van der Waals surface area (Å²) in [6, 6.07) is 11.1. The molecule has 0 bridgehead atoms. The molecule has 104 valence electrons. The molecule has 4 heteroatoms. The first kappa shape index (κ1) is 13.6. The number of aromatic nitrogens is 1. The van der Waals surface area contributed by atoms with E-state index >= 15 is 0 Å². The molecule has 3 aromatic rings. The Labute approximate surface area is 127 Å². The molecule has 1 unspecified atom stereocenters. The Morgan fingerprint density at radius 3 is 2.85 bits per heavy atom. The number of rotatable bonds is 5. The lowest BCUT2D eigenvalue weighted by molar-refractivity contribution is 0.687. The van der Waals surface area contributed by atoms with Crippen LogP contribution in [0, 0.1) is 6.92 Å². The van der Waals surface area contributed by atoms with Crippen LogP contribution in [0.2, 0.25) is 0 Å². The van der Waals surface area contributed by atoms with E-state index in [4.69, 9.17) is 4.98 Å². The summed E-state index contributed by atoms with van der Waals surface area (Å²) in [5.74, 6) is 0. The van der Waals surface area contributed by atoms with Crippen molar-refractivity contribution >= 4 is 38.0 Å². The van der Waals surface area contributed by atoms with Crippen LogP contribution in [0.1, 0.15) is 36.2 Å². The average molecular weight is 302 g/mol. The molecule has 2 heterocycles. The molecular weight excluding hydrogens is 284 g/mol. The Morgan fingerprint density at radius 1 is 1.25 bits per heavy atom. The molecule has 2 aromatic heterocycles. The maximum Gasteiger partial charge on any atom is 0.184 e. The molecule has 0 aliphatic rings. The first-order chi connectivity index (χ1) is 9.78. The van der Waals surface area contributed by atoms with E-state index in [1.165, 1.54) is 21.6 Å². The largest absolute Gasteiger partial charge is 0.354 e.